The van der Waals surface area contributed by atoms with Crippen LogP contribution in [0, 0.1) is 13.8 Å². The Morgan fingerprint density at radius 1 is 0.769 bits per heavy atom. The zero-order chi connectivity index (χ0) is 27.7. The molecule has 2 nitrogen and oxygen atoms in total. The van der Waals surface area contributed by atoms with Crippen molar-refractivity contribution in [1.29, 1.82) is 0 Å². The number of benzene rings is 4. The molecule has 0 saturated carbocycles. The van der Waals surface area contributed by atoms with Gasteiger partial charge < -0.3 is 0 Å². The van der Waals surface area contributed by atoms with E-state index >= 15 is 0 Å². The van der Waals surface area contributed by atoms with Crippen LogP contribution >= 0.6 is 0 Å². The minimum absolute atomic E-state index is 0.0386. The molecule has 1 aliphatic rings. The Morgan fingerprint density at radius 3 is 2.13 bits per heavy atom. The van der Waals surface area contributed by atoms with Gasteiger partial charge in [-0.05, 0) is 82.2 Å². The van der Waals surface area contributed by atoms with Gasteiger partial charge in [-0.1, -0.05) is 113 Å². The van der Waals surface area contributed by atoms with Gasteiger partial charge in [-0.25, -0.2) is 4.98 Å². The van der Waals surface area contributed by atoms with Gasteiger partial charge in [0.25, 0.3) is 0 Å². The summed E-state index contributed by atoms with van der Waals surface area (Å²) in [6.45, 7) is 15.3. The third kappa shape index (κ3) is 4.96. The van der Waals surface area contributed by atoms with Crippen molar-refractivity contribution in [2.24, 2.45) is 0 Å². The van der Waals surface area contributed by atoms with Crippen LogP contribution in [0.4, 0.5) is 0 Å². The number of hydrogen-bond acceptors (Lipinski definition) is 1. The molecule has 198 valence electrons. The SMILES string of the molecule is CC.Cc1cc(Cc2cccc3c2Cc2ccccc2-3)cc(C)c1-n1ccnc1-c1ccccc1C(C)(C)C. The van der Waals surface area contributed by atoms with Crippen LogP contribution in [-0.4, -0.2) is 9.55 Å². The molecule has 0 aliphatic heterocycles. The predicted molar refractivity (Wildman–Crippen MR) is 166 cm³/mol. The first-order chi connectivity index (χ1) is 18.8. The largest absolute Gasteiger partial charge is 0.299 e. The van der Waals surface area contributed by atoms with Crippen molar-refractivity contribution in [3.05, 3.63) is 130 Å². The molecular formula is C37H40N2. The van der Waals surface area contributed by atoms with Gasteiger partial charge in [-0.15, -0.1) is 0 Å². The van der Waals surface area contributed by atoms with E-state index in [1.807, 2.05) is 20.0 Å². The van der Waals surface area contributed by atoms with Crippen LogP contribution in [0.3, 0.4) is 0 Å². The van der Waals surface area contributed by atoms with Crippen LogP contribution in [0.2, 0.25) is 0 Å². The molecular weight excluding hydrogens is 472 g/mol. The van der Waals surface area contributed by atoms with E-state index in [1.165, 1.54) is 61.3 Å². The molecule has 0 N–H and O–H groups in total. The third-order valence-electron chi connectivity index (χ3n) is 7.75. The van der Waals surface area contributed by atoms with Gasteiger partial charge in [-0.2, -0.15) is 0 Å². The number of imidazole rings is 1. The minimum atomic E-state index is 0.0386. The van der Waals surface area contributed by atoms with Crippen LogP contribution in [0.15, 0.2) is 91.3 Å². The van der Waals surface area contributed by atoms with E-state index in [9.17, 15) is 0 Å². The van der Waals surface area contributed by atoms with Crippen LogP contribution in [0.1, 0.15) is 73.6 Å². The molecule has 6 rings (SSSR count). The van der Waals surface area contributed by atoms with Gasteiger partial charge in [0.2, 0.25) is 0 Å². The van der Waals surface area contributed by atoms with E-state index in [2.05, 4.69) is 124 Å². The highest BCUT2D eigenvalue weighted by molar-refractivity contribution is 5.78. The van der Waals surface area contributed by atoms with Crippen molar-refractivity contribution in [3.63, 3.8) is 0 Å². The molecule has 0 spiro atoms. The van der Waals surface area contributed by atoms with Crippen molar-refractivity contribution in [2.45, 2.75) is 66.7 Å². The Labute approximate surface area is 234 Å². The topological polar surface area (TPSA) is 17.8 Å². The predicted octanol–water partition coefficient (Wildman–Crippen LogP) is 9.64. The Bertz CT molecular complexity index is 1600. The summed E-state index contributed by atoms with van der Waals surface area (Å²) in [5.74, 6) is 1.00. The van der Waals surface area contributed by atoms with Gasteiger partial charge in [-0.3, -0.25) is 4.57 Å². The summed E-state index contributed by atoms with van der Waals surface area (Å²) >= 11 is 0. The van der Waals surface area contributed by atoms with Gasteiger partial charge in [0, 0.05) is 18.0 Å². The second kappa shape index (κ2) is 10.7. The van der Waals surface area contributed by atoms with Gasteiger partial charge in [0.1, 0.15) is 5.82 Å². The number of hydrogen-bond donors (Lipinski definition) is 0. The molecule has 0 radical (unpaired) electrons. The standard InChI is InChI=1S/C35H34N2.C2H6/c1-23-19-25(21-26-12-10-15-29-28-13-7-6-11-27(28)22-31(26)29)20-24(2)33(23)37-18-17-36-34(37)30-14-8-9-16-32(30)35(3,4)5;1-2/h6-20H,21-22H2,1-5H3;1-2H3. The lowest BCUT2D eigenvalue weighted by atomic mass is 9.83. The molecule has 1 aromatic heterocycles. The molecule has 2 heteroatoms. The van der Waals surface area contributed by atoms with E-state index in [1.54, 1.807) is 0 Å². The van der Waals surface area contributed by atoms with Gasteiger partial charge in [0.05, 0.1) is 5.69 Å². The molecule has 0 bridgehead atoms. The highest BCUT2D eigenvalue weighted by Gasteiger charge is 2.23. The molecule has 0 fully saturated rings. The normalized spacial score (nSPS) is 12.0. The van der Waals surface area contributed by atoms with Gasteiger partial charge in [0.15, 0.2) is 0 Å². The van der Waals surface area contributed by atoms with E-state index < -0.39 is 0 Å². The lowest BCUT2D eigenvalue weighted by Gasteiger charge is -2.24. The number of aryl methyl sites for hydroxylation is 2. The number of nitrogens with zero attached hydrogens (tertiary/aromatic N) is 2. The molecule has 0 saturated heterocycles. The quantitative estimate of drug-likeness (QED) is 0.230. The second-order valence-electron chi connectivity index (χ2n) is 11.4. The summed E-state index contributed by atoms with van der Waals surface area (Å²) in [6.07, 6.45) is 6.00. The first-order valence-electron chi connectivity index (χ1n) is 14.2. The molecule has 1 heterocycles. The smallest absolute Gasteiger partial charge is 0.144 e. The van der Waals surface area contributed by atoms with Crippen molar-refractivity contribution in [2.75, 3.05) is 0 Å². The average molecular weight is 513 g/mol. The summed E-state index contributed by atoms with van der Waals surface area (Å²) in [7, 11) is 0. The fourth-order valence-corrected chi connectivity index (χ4v) is 6.15. The lowest BCUT2D eigenvalue weighted by molar-refractivity contribution is 0.591. The molecule has 0 amide bonds. The highest BCUT2D eigenvalue weighted by atomic mass is 15.1. The fourth-order valence-electron chi connectivity index (χ4n) is 6.15. The second-order valence-corrected chi connectivity index (χ2v) is 11.4. The van der Waals surface area contributed by atoms with Crippen LogP contribution < -0.4 is 0 Å². The molecule has 0 atom stereocenters. The maximum absolute atomic E-state index is 4.83. The van der Waals surface area contributed by atoms with E-state index in [-0.39, 0.29) is 5.41 Å². The summed E-state index contributed by atoms with van der Waals surface area (Å²) in [5.41, 5.74) is 14.8. The molecule has 0 unspecified atom stereocenters. The Hall–Kier alpha value is -3.91. The van der Waals surface area contributed by atoms with Crippen molar-refractivity contribution >= 4 is 0 Å². The Balaban J connectivity index is 0.00000151. The first kappa shape index (κ1) is 26.7. The van der Waals surface area contributed by atoms with Crippen molar-refractivity contribution < 1.29 is 0 Å². The van der Waals surface area contributed by atoms with E-state index in [0.29, 0.717) is 0 Å². The van der Waals surface area contributed by atoms with Crippen molar-refractivity contribution in [1.82, 2.24) is 9.55 Å². The van der Waals surface area contributed by atoms with Crippen LogP contribution in [0.5, 0.6) is 0 Å². The molecule has 5 aromatic rings. The molecule has 1 aliphatic carbocycles. The minimum Gasteiger partial charge on any atom is -0.299 e. The summed E-state index contributed by atoms with van der Waals surface area (Å²) in [4.78, 5) is 4.83. The fraction of sp³-hybridized carbons (Fsp3) is 0.270. The van der Waals surface area contributed by atoms with E-state index in [4.69, 9.17) is 4.98 Å². The van der Waals surface area contributed by atoms with Gasteiger partial charge >= 0.3 is 0 Å². The Morgan fingerprint density at radius 2 is 1.41 bits per heavy atom. The van der Waals surface area contributed by atoms with E-state index in [0.717, 1.165) is 18.7 Å². The van der Waals surface area contributed by atoms with Crippen LogP contribution in [-0.2, 0) is 18.3 Å². The molecule has 39 heavy (non-hydrogen) atoms. The Kier molecular flexibility index (Phi) is 7.32. The number of fused-ring (bicyclic) bond motifs is 3. The monoisotopic (exact) mass is 512 g/mol. The molecule has 4 aromatic carbocycles. The third-order valence-corrected chi connectivity index (χ3v) is 7.75. The maximum Gasteiger partial charge on any atom is 0.144 e. The zero-order valence-corrected chi connectivity index (χ0v) is 24.5. The lowest BCUT2D eigenvalue weighted by Crippen LogP contribution is -2.14. The zero-order valence-electron chi connectivity index (χ0n) is 24.5. The number of aromatic nitrogens is 2. The highest BCUT2D eigenvalue weighted by Crippen LogP contribution is 2.39. The van der Waals surface area contributed by atoms with Crippen molar-refractivity contribution in [3.8, 4) is 28.2 Å². The average Bonchev–Trinajstić information content (AvgIpc) is 3.55. The summed E-state index contributed by atoms with van der Waals surface area (Å²) in [5, 5.41) is 0. The first-order valence-corrected chi connectivity index (χ1v) is 14.2. The summed E-state index contributed by atoms with van der Waals surface area (Å²) < 4.78 is 2.27. The maximum atomic E-state index is 4.83. The van der Waals surface area contributed by atoms with Crippen LogP contribution in [0.25, 0.3) is 28.2 Å². The summed E-state index contributed by atoms with van der Waals surface area (Å²) in [6, 6.07) is 29.0. The number of rotatable bonds is 4.